The molecule has 84 valence electrons. The second-order valence-electron chi connectivity index (χ2n) is 3.96. The molecule has 5 nitrogen and oxygen atoms in total. The zero-order valence-corrected chi connectivity index (χ0v) is 8.64. The maximum absolute atomic E-state index is 11.5. The molecule has 1 heterocycles. The quantitative estimate of drug-likeness (QED) is 0.806. The van der Waals surface area contributed by atoms with Crippen molar-refractivity contribution >= 4 is 17.6 Å². The van der Waals surface area contributed by atoms with Crippen molar-refractivity contribution in [2.45, 2.75) is 19.3 Å². The zero-order chi connectivity index (χ0) is 11.5. The van der Waals surface area contributed by atoms with E-state index in [9.17, 15) is 9.59 Å². The van der Waals surface area contributed by atoms with E-state index in [2.05, 4.69) is 10.3 Å². The maximum atomic E-state index is 11.5. The molecule has 1 saturated carbocycles. The summed E-state index contributed by atoms with van der Waals surface area (Å²) in [6.07, 6.45) is 5.43. The molecule has 0 aliphatic heterocycles. The minimum atomic E-state index is -1.05. The topological polar surface area (TPSA) is 79.3 Å². The number of nitrogens with zero attached hydrogens (tertiary/aromatic N) is 1. The average molecular weight is 220 g/mol. The van der Waals surface area contributed by atoms with Gasteiger partial charge >= 0.3 is 5.97 Å². The number of nitrogens with one attached hydrogen (secondary N) is 1. The van der Waals surface area contributed by atoms with Crippen LogP contribution in [0.5, 0.6) is 0 Å². The van der Waals surface area contributed by atoms with Gasteiger partial charge in [0.1, 0.15) is 0 Å². The van der Waals surface area contributed by atoms with Crippen LogP contribution in [0.4, 0.5) is 5.69 Å². The van der Waals surface area contributed by atoms with Gasteiger partial charge in [0.25, 0.3) is 0 Å². The largest absolute Gasteiger partial charge is 0.478 e. The van der Waals surface area contributed by atoms with E-state index in [0.717, 1.165) is 12.8 Å². The highest BCUT2D eigenvalue weighted by molar-refractivity contribution is 5.93. The fourth-order valence-corrected chi connectivity index (χ4v) is 1.42. The Labute approximate surface area is 92.5 Å². The number of rotatable bonds is 4. The molecule has 5 heteroatoms. The van der Waals surface area contributed by atoms with Gasteiger partial charge in [-0.15, -0.1) is 0 Å². The summed E-state index contributed by atoms with van der Waals surface area (Å²) in [4.78, 5) is 25.9. The molecule has 1 fully saturated rings. The molecule has 2 rings (SSSR count). The SMILES string of the molecule is O=C(CC1CC1)Nc1cncc(C(=O)O)c1. The monoisotopic (exact) mass is 220 g/mol. The summed E-state index contributed by atoms with van der Waals surface area (Å²) in [5.41, 5.74) is 0.509. The van der Waals surface area contributed by atoms with E-state index >= 15 is 0 Å². The van der Waals surface area contributed by atoms with Crippen molar-refractivity contribution in [2.24, 2.45) is 5.92 Å². The Kier molecular flexibility index (Phi) is 2.85. The van der Waals surface area contributed by atoms with Crippen LogP contribution in [0, 0.1) is 5.92 Å². The van der Waals surface area contributed by atoms with Crippen molar-refractivity contribution in [1.82, 2.24) is 4.98 Å². The highest BCUT2D eigenvalue weighted by atomic mass is 16.4. The molecule has 16 heavy (non-hydrogen) atoms. The summed E-state index contributed by atoms with van der Waals surface area (Å²) in [5, 5.41) is 11.4. The number of amides is 1. The van der Waals surface area contributed by atoms with Crippen molar-refractivity contribution in [3.63, 3.8) is 0 Å². The Hall–Kier alpha value is -1.91. The highest BCUT2D eigenvalue weighted by Crippen LogP contribution is 2.32. The summed E-state index contributed by atoms with van der Waals surface area (Å²) >= 11 is 0. The summed E-state index contributed by atoms with van der Waals surface area (Å²) in [6, 6.07) is 1.40. The van der Waals surface area contributed by atoms with Crippen LogP contribution >= 0.6 is 0 Å². The molecule has 2 N–H and O–H groups in total. The average Bonchev–Trinajstić information content (AvgIpc) is 3.01. The lowest BCUT2D eigenvalue weighted by Crippen LogP contribution is -2.12. The molecule has 0 bridgehead atoms. The third-order valence-electron chi connectivity index (χ3n) is 2.44. The lowest BCUT2D eigenvalue weighted by molar-refractivity contribution is -0.116. The van der Waals surface area contributed by atoms with Gasteiger partial charge in [0.15, 0.2) is 0 Å². The summed E-state index contributed by atoms with van der Waals surface area (Å²) < 4.78 is 0. The van der Waals surface area contributed by atoms with Crippen molar-refractivity contribution in [2.75, 3.05) is 5.32 Å². The van der Waals surface area contributed by atoms with E-state index < -0.39 is 5.97 Å². The minimum Gasteiger partial charge on any atom is -0.478 e. The van der Waals surface area contributed by atoms with E-state index in [4.69, 9.17) is 5.11 Å². The van der Waals surface area contributed by atoms with Gasteiger partial charge < -0.3 is 10.4 Å². The Morgan fingerprint density at radius 3 is 2.81 bits per heavy atom. The standard InChI is InChI=1S/C11H12N2O3/c14-10(3-7-1-2-7)13-9-4-8(11(15)16)5-12-6-9/h4-7H,1-3H2,(H,13,14)(H,15,16). The molecule has 1 aromatic heterocycles. The van der Waals surface area contributed by atoms with Gasteiger partial charge in [0.2, 0.25) is 5.91 Å². The maximum Gasteiger partial charge on any atom is 0.337 e. The Balaban J connectivity index is 1.99. The first-order valence-corrected chi connectivity index (χ1v) is 5.13. The van der Waals surface area contributed by atoms with E-state index in [1.54, 1.807) is 0 Å². The van der Waals surface area contributed by atoms with E-state index in [1.807, 2.05) is 0 Å². The van der Waals surface area contributed by atoms with Crippen molar-refractivity contribution in [3.05, 3.63) is 24.0 Å². The molecular weight excluding hydrogens is 208 g/mol. The number of carboxylic acids is 1. The molecular formula is C11H12N2O3. The number of aromatic carboxylic acids is 1. The zero-order valence-electron chi connectivity index (χ0n) is 8.64. The van der Waals surface area contributed by atoms with Gasteiger partial charge in [-0.3, -0.25) is 9.78 Å². The van der Waals surface area contributed by atoms with E-state index in [-0.39, 0.29) is 11.5 Å². The van der Waals surface area contributed by atoms with Crippen LogP contribution < -0.4 is 5.32 Å². The molecule has 0 aromatic carbocycles. The molecule has 0 radical (unpaired) electrons. The fourth-order valence-electron chi connectivity index (χ4n) is 1.42. The predicted molar refractivity (Wildman–Crippen MR) is 57.2 cm³/mol. The normalized spacial score (nSPS) is 14.5. The lowest BCUT2D eigenvalue weighted by Gasteiger charge is -2.04. The van der Waals surface area contributed by atoms with Gasteiger partial charge in [-0.1, -0.05) is 0 Å². The molecule has 1 aliphatic rings. The number of hydrogen-bond donors (Lipinski definition) is 2. The van der Waals surface area contributed by atoms with Crippen LogP contribution in [-0.4, -0.2) is 22.0 Å². The molecule has 0 unspecified atom stereocenters. The molecule has 1 amide bonds. The number of pyridine rings is 1. The van der Waals surface area contributed by atoms with E-state index in [1.165, 1.54) is 18.5 Å². The van der Waals surface area contributed by atoms with Gasteiger partial charge in [-0.2, -0.15) is 0 Å². The number of carbonyl (C=O) groups excluding carboxylic acids is 1. The molecule has 0 spiro atoms. The van der Waals surface area contributed by atoms with Crippen LogP contribution in [0.1, 0.15) is 29.6 Å². The predicted octanol–water partition coefficient (Wildman–Crippen LogP) is 1.52. The van der Waals surface area contributed by atoms with Crippen LogP contribution in [0.25, 0.3) is 0 Å². The third kappa shape index (κ3) is 2.79. The summed E-state index contributed by atoms with van der Waals surface area (Å²) in [7, 11) is 0. The van der Waals surface area contributed by atoms with Crippen LogP contribution in [0.15, 0.2) is 18.5 Å². The highest BCUT2D eigenvalue weighted by Gasteiger charge is 2.24. The molecule has 1 aromatic rings. The van der Waals surface area contributed by atoms with Crippen molar-refractivity contribution in [3.8, 4) is 0 Å². The fraction of sp³-hybridized carbons (Fsp3) is 0.364. The first kappa shape index (κ1) is 10.6. The molecule has 1 aliphatic carbocycles. The van der Waals surface area contributed by atoms with Gasteiger partial charge in [-0.25, -0.2) is 4.79 Å². The number of aromatic nitrogens is 1. The first-order valence-electron chi connectivity index (χ1n) is 5.13. The Morgan fingerprint density at radius 1 is 1.44 bits per heavy atom. The number of carbonyl (C=O) groups is 2. The van der Waals surface area contributed by atoms with Gasteiger partial charge in [0, 0.05) is 12.6 Å². The van der Waals surface area contributed by atoms with Crippen LogP contribution in [0.2, 0.25) is 0 Å². The first-order chi connectivity index (χ1) is 7.65. The summed E-state index contributed by atoms with van der Waals surface area (Å²) in [5.74, 6) is -0.617. The summed E-state index contributed by atoms with van der Waals surface area (Å²) in [6.45, 7) is 0. The number of hydrogen-bond acceptors (Lipinski definition) is 3. The molecule has 0 saturated heterocycles. The number of carboxylic acid groups (broad SMARTS) is 1. The Morgan fingerprint density at radius 2 is 2.19 bits per heavy atom. The van der Waals surface area contributed by atoms with Crippen LogP contribution in [0.3, 0.4) is 0 Å². The third-order valence-corrected chi connectivity index (χ3v) is 2.44. The van der Waals surface area contributed by atoms with Crippen molar-refractivity contribution < 1.29 is 14.7 Å². The second-order valence-corrected chi connectivity index (χ2v) is 3.96. The Bertz CT molecular complexity index is 427. The van der Waals surface area contributed by atoms with E-state index in [0.29, 0.717) is 18.0 Å². The number of anilines is 1. The smallest absolute Gasteiger partial charge is 0.337 e. The van der Waals surface area contributed by atoms with Crippen molar-refractivity contribution in [1.29, 1.82) is 0 Å². The second kappa shape index (κ2) is 4.30. The van der Waals surface area contributed by atoms with Gasteiger partial charge in [-0.05, 0) is 24.8 Å². The lowest BCUT2D eigenvalue weighted by atomic mass is 10.2. The van der Waals surface area contributed by atoms with Crippen LogP contribution in [-0.2, 0) is 4.79 Å². The van der Waals surface area contributed by atoms with Gasteiger partial charge in [0.05, 0.1) is 17.4 Å². The molecule has 0 atom stereocenters. The minimum absolute atomic E-state index is 0.0734.